The fraction of sp³-hybridized carbons (Fsp3) is 0.429. The van der Waals surface area contributed by atoms with Crippen LogP contribution in [0.25, 0.3) is 0 Å². The maximum Gasteiger partial charge on any atom is 0.147 e. The predicted octanol–water partition coefficient (Wildman–Crippen LogP) is 2.07. The lowest BCUT2D eigenvalue weighted by Gasteiger charge is -2.10. The standard InChI is InChI=1S/C14H20N4/c1-12(2)9-15-10-13-5-3-8-18(13)11-14-16-6-4-7-17-14/h3-8,12,15H,9-11H2,1-2H3. The normalized spacial score (nSPS) is 11.1. The Kier molecular flexibility index (Phi) is 4.47. The maximum atomic E-state index is 4.25. The Morgan fingerprint density at radius 2 is 2.00 bits per heavy atom. The van der Waals surface area contributed by atoms with Crippen molar-refractivity contribution in [1.82, 2.24) is 19.9 Å². The molecule has 18 heavy (non-hydrogen) atoms. The van der Waals surface area contributed by atoms with E-state index in [4.69, 9.17) is 0 Å². The topological polar surface area (TPSA) is 42.7 Å². The third-order valence-electron chi connectivity index (χ3n) is 2.71. The molecule has 0 bridgehead atoms. The number of hydrogen-bond donors (Lipinski definition) is 1. The molecule has 0 radical (unpaired) electrons. The highest BCUT2D eigenvalue weighted by molar-refractivity contribution is 5.08. The summed E-state index contributed by atoms with van der Waals surface area (Å²) in [4.78, 5) is 8.50. The van der Waals surface area contributed by atoms with E-state index < -0.39 is 0 Å². The average Bonchev–Trinajstić information content (AvgIpc) is 2.78. The summed E-state index contributed by atoms with van der Waals surface area (Å²) in [6.07, 6.45) is 5.63. The number of nitrogens with zero attached hydrogens (tertiary/aromatic N) is 3. The van der Waals surface area contributed by atoms with Gasteiger partial charge in [-0.05, 0) is 30.7 Å². The van der Waals surface area contributed by atoms with Crippen molar-refractivity contribution in [3.05, 3.63) is 48.3 Å². The van der Waals surface area contributed by atoms with Gasteiger partial charge in [-0.2, -0.15) is 0 Å². The lowest BCUT2D eigenvalue weighted by Crippen LogP contribution is -2.21. The van der Waals surface area contributed by atoms with Gasteiger partial charge < -0.3 is 9.88 Å². The quantitative estimate of drug-likeness (QED) is 0.846. The first-order chi connectivity index (χ1) is 8.75. The van der Waals surface area contributed by atoms with Crippen LogP contribution in [0.15, 0.2) is 36.8 Å². The van der Waals surface area contributed by atoms with E-state index in [9.17, 15) is 0 Å². The molecular formula is C14H20N4. The van der Waals surface area contributed by atoms with E-state index in [1.807, 2.05) is 6.07 Å². The molecule has 0 amide bonds. The minimum absolute atomic E-state index is 0.672. The highest BCUT2D eigenvalue weighted by Gasteiger charge is 2.03. The monoisotopic (exact) mass is 244 g/mol. The van der Waals surface area contributed by atoms with Crippen LogP contribution < -0.4 is 5.32 Å². The van der Waals surface area contributed by atoms with Crippen molar-refractivity contribution in [3.8, 4) is 0 Å². The van der Waals surface area contributed by atoms with Gasteiger partial charge in [0.1, 0.15) is 5.82 Å². The number of aromatic nitrogens is 3. The molecule has 96 valence electrons. The van der Waals surface area contributed by atoms with Gasteiger partial charge in [-0.1, -0.05) is 13.8 Å². The minimum atomic E-state index is 0.672. The van der Waals surface area contributed by atoms with Crippen LogP contribution in [0, 0.1) is 5.92 Å². The lowest BCUT2D eigenvalue weighted by atomic mass is 10.2. The molecule has 4 heteroatoms. The molecule has 2 aromatic rings. The summed E-state index contributed by atoms with van der Waals surface area (Å²) in [6, 6.07) is 6.04. The summed E-state index contributed by atoms with van der Waals surface area (Å²) < 4.78 is 2.18. The fourth-order valence-corrected chi connectivity index (χ4v) is 1.82. The van der Waals surface area contributed by atoms with E-state index in [1.54, 1.807) is 12.4 Å². The van der Waals surface area contributed by atoms with Crippen molar-refractivity contribution in [1.29, 1.82) is 0 Å². The molecule has 0 aromatic carbocycles. The molecule has 0 fully saturated rings. The zero-order chi connectivity index (χ0) is 12.8. The van der Waals surface area contributed by atoms with Crippen LogP contribution in [0.2, 0.25) is 0 Å². The van der Waals surface area contributed by atoms with Crippen LogP contribution in [0.4, 0.5) is 0 Å². The number of hydrogen-bond acceptors (Lipinski definition) is 3. The van der Waals surface area contributed by atoms with Gasteiger partial charge in [0, 0.05) is 30.8 Å². The van der Waals surface area contributed by atoms with Gasteiger partial charge in [0.2, 0.25) is 0 Å². The third-order valence-corrected chi connectivity index (χ3v) is 2.71. The molecule has 0 aliphatic rings. The molecule has 2 rings (SSSR count). The first-order valence-corrected chi connectivity index (χ1v) is 6.36. The molecule has 0 saturated heterocycles. The maximum absolute atomic E-state index is 4.25. The SMILES string of the molecule is CC(C)CNCc1cccn1Cc1ncccn1. The first kappa shape index (κ1) is 12.8. The van der Waals surface area contributed by atoms with Crippen LogP contribution in [-0.2, 0) is 13.1 Å². The highest BCUT2D eigenvalue weighted by Crippen LogP contribution is 2.04. The van der Waals surface area contributed by atoms with Crippen LogP contribution in [0.3, 0.4) is 0 Å². The molecule has 0 saturated carbocycles. The van der Waals surface area contributed by atoms with Gasteiger partial charge in [0.15, 0.2) is 0 Å². The van der Waals surface area contributed by atoms with Crippen LogP contribution in [0.5, 0.6) is 0 Å². The number of rotatable bonds is 6. The highest BCUT2D eigenvalue weighted by atomic mass is 15.0. The van der Waals surface area contributed by atoms with Gasteiger partial charge >= 0.3 is 0 Å². The third kappa shape index (κ3) is 3.67. The van der Waals surface area contributed by atoms with Gasteiger partial charge in [-0.15, -0.1) is 0 Å². The Morgan fingerprint density at radius 3 is 2.72 bits per heavy atom. The molecule has 4 nitrogen and oxygen atoms in total. The van der Waals surface area contributed by atoms with E-state index in [-0.39, 0.29) is 0 Å². The molecule has 2 heterocycles. The summed E-state index contributed by atoms with van der Waals surface area (Å²) in [5.41, 5.74) is 1.27. The predicted molar refractivity (Wildman–Crippen MR) is 72.1 cm³/mol. The summed E-state index contributed by atoms with van der Waals surface area (Å²) in [5.74, 6) is 1.52. The largest absolute Gasteiger partial charge is 0.343 e. The van der Waals surface area contributed by atoms with E-state index in [0.717, 1.165) is 25.5 Å². The van der Waals surface area contributed by atoms with Gasteiger partial charge in [0.25, 0.3) is 0 Å². The van der Waals surface area contributed by atoms with E-state index in [1.165, 1.54) is 5.69 Å². The number of nitrogens with one attached hydrogen (secondary N) is 1. The summed E-state index contributed by atoms with van der Waals surface area (Å²) in [7, 11) is 0. The molecule has 0 spiro atoms. The second-order valence-corrected chi connectivity index (χ2v) is 4.82. The van der Waals surface area contributed by atoms with Crippen LogP contribution in [-0.4, -0.2) is 21.1 Å². The molecular weight excluding hydrogens is 224 g/mol. The molecule has 0 atom stereocenters. The first-order valence-electron chi connectivity index (χ1n) is 6.36. The lowest BCUT2D eigenvalue weighted by molar-refractivity contribution is 0.537. The minimum Gasteiger partial charge on any atom is -0.343 e. The Labute approximate surface area is 108 Å². The summed E-state index contributed by atoms with van der Waals surface area (Å²) in [5, 5.41) is 3.45. The van der Waals surface area contributed by atoms with Crippen molar-refractivity contribution < 1.29 is 0 Å². The Morgan fingerprint density at radius 1 is 1.22 bits per heavy atom. The van der Waals surface area contributed by atoms with Crippen molar-refractivity contribution >= 4 is 0 Å². The van der Waals surface area contributed by atoms with Crippen LogP contribution in [0.1, 0.15) is 25.4 Å². The van der Waals surface area contributed by atoms with Gasteiger partial charge in [-0.3, -0.25) is 0 Å². The van der Waals surface area contributed by atoms with Gasteiger partial charge in [-0.25, -0.2) is 9.97 Å². The fourth-order valence-electron chi connectivity index (χ4n) is 1.82. The van der Waals surface area contributed by atoms with E-state index >= 15 is 0 Å². The molecule has 0 unspecified atom stereocenters. The zero-order valence-corrected chi connectivity index (χ0v) is 11.0. The molecule has 0 aliphatic heterocycles. The molecule has 0 aliphatic carbocycles. The molecule has 2 aromatic heterocycles. The summed E-state index contributed by atoms with van der Waals surface area (Å²) >= 11 is 0. The Hall–Kier alpha value is -1.68. The second-order valence-electron chi connectivity index (χ2n) is 4.82. The van der Waals surface area contributed by atoms with Crippen molar-refractivity contribution in [2.45, 2.75) is 26.9 Å². The van der Waals surface area contributed by atoms with E-state index in [2.05, 4.69) is 52.0 Å². The van der Waals surface area contributed by atoms with Crippen molar-refractivity contribution in [2.24, 2.45) is 5.92 Å². The molecule has 1 N–H and O–H groups in total. The Balaban J connectivity index is 1.95. The zero-order valence-electron chi connectivity index (χ0n) is 11.0. The average molecular weight is 244 g/mol. The summed E-state index contributed by atoms with van der Waals surface area (Å²) in [6.45, 7) is 7.07. The van der Waals surface area contributed by atoms with Gasteiger partial charge in [0.05, 0.1) is 6.54 Å². The van der Waals surface area contributed by atoms with Crippen molar-refractivity contribution in [3.63, 3.8) is 0 Å². The Bertz CT molecular complexity index is 462. The second kappa shape index (κ2) is 6.31. The van der Waals surface area contributed by atoms with E-state index in [0.29, 0.717) is 5.92 Å². The van der Waals surface area contributed by atoms with Crippen LogP contribution >= 0.6 is 0 Å². The van der Waals surface area contributed by atoms with Crippen molar-refractivity contribution in [2.75, 3.05) is 6.54 Å². The smallest absolute Gasteiger partial charge is 0.147 e.